The molecule has 24 heavy (non-hydrogen) atoms. The SMILES string of the molecule is CCCCCCCCC1CC=C(CCc2ccc(C#N)cc2)CC1. The molecule has 1 aromatic carbocycles. The smallest absolute Gasteiger partial charge is 0.0991 e. The summed E-state index contributed by atoms with van der Waals surface area (Å²) in [7, 11) is 0. The molecule has 0 spiro atoms. The largest absolute Gasteiger partial charge is 0.192 e. The number of aryl methyl sites for hydroxylation is 1. The second-order valence-electron chi connectivity index (χ2n) is 7.37. The number of hydrogen-bond acceptors (Lipinski definition) is 1. The van der Waals surface area contributed by atoms with Crippen molar-refractivity contribution in [2.24, 2.45) is 5.92 Å². The molecule has 0 saturated heterocycles. The highest BCUT2D eigenvalue weighted by Gasteiger charge is 2.14. The topological polar surface area (TPSA) is 23.8 Å². The van der Waals surface area contributed by atoms with Crippen molar-refractivity contribution in [3.05, 3.63) is 47.0 Å². The molecule has 130 valence electrons. The summed E-state index contributed by atoms with van der Waals surface area (Å²) in [5.74, 6) is 0.940. The number of allylic oxidation sites excluding steroid dienone is 2. The first-order valence-corrected chi connectivity index (χ1v) is 9.98. The van der Waals surface area contributed by atoms with Crippen LogP contribution in [-0.4, -0.2) is 0 Å². The van der Waals surface area contributed by atoms with Gasteiger partial charge in [-0.25, -0.2) is 0 Å². The van der Waals surface area contributed by atoms with Gasteiger partial charge in [0.05, 0.1) is 11.6 Å². The Morgan fingerprint density at radius 1 is 1.00 bits per heavy atom. The molecular formula is C23H33N. The third-order valence-corrected chi connectivity index (χ3v) is 5.40. The molecule has 0 aliphatic heterocycles. The van der Waals surface area contributed by atoms with Crippen LogP contribution in [0.2, 0.25) is 0 Å². The summed E-state index contributed by atoms with van der Waals surface area (Å²) in [4.78, 5) is 0. The van der Waals surface area contributed by atoms with Crippen LogP contribution in [0.5, 0.6) is 0 Å². The fourth-order valence-corrected chi connectivity index (χ4v) is 3.70. The van der Waals surface area contributed by atoms with Crippen molar-refractivity contribution in [3.63, 3.8) is 0 Å². The summed E-state index contributed by atoms with van der Waals surface area (Å²) in [5, 5.41) is 8.84. The van der Waals surface area contributed by atoms with Crippen molar-refractivity contribution >= 4 is 0 Å². The first-order valence-electron chi connectivity index (χ1n) is 9.98. The van der Waals surface area contributed by atoms with Crippen LogP contribution in [0.1, 0.15) is 88.7 Å². The van der Waals surface area contributed by atoms with Crippen molar-refractivity contribution in [2.75, 3.05) is 0 Å². The summed E-state index contributed by atoms with van der Waals surface area (Å²) in [6.45, 7) is 2.29. The van der Waals surface area contributed by atoms with Crippen LogP contribution in [0, 0.1) is 17.2 Å². The van der Waals surface area contributed by atoms with E-state index < -0.39 is 0 Å². The number of nitrogens with zero attached hydrogens (tertiary/aromatic N) is 1. The molecule has 0 heterocycles. The zero-order valence-corrected chi connectivity index (χ0v) is 15.4. The van der Waals surface area contributed by atoms with Gasteiger partial charge in [-0.15, -0.1) is 0 Å². The maximum Gasteiger partial charge on any atom is 0.0991 e. The van der Waals surface area contributed by atoms with Crippen molar-refractivity contribution in [1.82, 2.24) is 0 Å². The third-order valence-electron chi connectivity index (χ3n) is 5.40. The molecule has 1 aliphatic carbocycles. The average molecular weight is 324 g/mol. The van der Waals surface area contributed by atoms with Gasteiger partial charge in [0, 0.05) is 0 Å². The van der Waals surface area contributed by atoms with E-state index in [0.29, 0.717) is 0 Å². The molecule has 1 aromatic rings. The Labute approximate surface area is 148 Å². The lowest BCUT2D eigenvalue weighted by Crippen LogP contribution is -2.06. The van der Waals surface area contributed by atoms with Crippen LogP contribution in [0.3, 0.4) is 0 Å². The minimum atomic E-state index is 0.758. The van der Waals surface area contributed by atoms with E-state index in [0.717, 1.165) is 17.9 Å². The molecular weight excluding hydrogens is 290 g/mol. The van der Waals surface area contributed by atoms with E-state index in [1.807, 2.05) is 12.1 Å². The Hall–Kier alpha value is -1.55. The van der Waals surface area contributed by atoms with Gasteiger partial charge in [-0.1, -0.05) is 75.7 Å². The summed E-state index contributed by atoms with van der Waals surface area (Å²) in [6.07, 6.45) is 18.8. The predicted octanol–water partition coefficient (Wildman–Crippen LogP) is 6.97. The maximum atomic E-state index is 8.84. The van der Waals surface area contributed by atoms with Crippen molar-refractivity contribution in [3.8, 4) is 6.07 Å². The molecule has 0 amide bonds. The molecule has 1 nitrogen and oxygen atoms in total. The van der Waals surface area contributed by atoms with Gasteiger partial charge < -0.3 is 0 Å². The van der Waals surface area contributed by atoms with Crippen molar-refractivity contribution < 1.29 is 0 Å². The van der Waals surface area contributed by atoms with E-state index in [1.54, 1.807) is 5.57 Å². The Morgan fingerprint density at radius 3 is 2.42 bits per heavy atom. The number of rotatable bonds is 10. The number of unbranched alkanes of at least 4 members (excludes halogenated alkanes) is 5. The first-order chi connectivity index (χ1) is 11.8. The van der Waals surface area contributed by atoms with Crippen LogP contribution in [0.25, 0.3) is 0 Å². The average Bonchev–Trinajstić information content (AvgIpc) is 2.64. The van der Waals surface area contributed by atoms with Gasteiger partial charge in [0.2, 0.25) is 0 Å². The summed E-state index contributed by atoms with van der Waals surface area (Å²) in [5.41, 5.74) is 3.76. The second-order valence-corrected chi connectivity index (χ2v) is 7.37. The predicted molar refractivity (Wildman–Crippen MR) is 103 cm³/mol. The molecule has 1 aliphatic rings. The molecule has 1 heteroatoms. The van der Waals surface area contributed by atoms with Crippen LogP contribution in [-0.2, 0) is 6.42 Å². The molecule has 0 saturated carbocycles. The molecule has 0 fully saturated rings. The quantitative estimate of drug-likeness (QED) is 0.337. The normalized spacial score (nSPS) is 17.3. The maximum absolute atomic E-state index is 8.84. The fraction of sp³-hybridized carbons (Fsp3) is 0.609. The van der Waals surface area contributed by atoms with Gasteiger partial charge in [-0.05, 0) is 55.7 Å². The van der Waals surface area contributed by atoms with E-state index >= 15 is 0 Å². The van der Waals surface area contributed by atoms with Gasteiger partial charge in [0.1, 0.15) is 0 Å². The number of hydrogen-bond donors (Lipinski definition) is 0. The van der Waals surface area contributed by atoms with Crippen LogP contribution >= 0.6 is 0 Å². The van der Waals surface area contributed by atoms with Crippen molar-refractivity contribution in [2.45, 2.75) is 84.0 Å². The zero-order valence-electron chi connectivity index (χ0n) is 15.4. The molecule has 0 N–H and O–H groups in total. The van der Waals surface area contributed by atoms with Crippen LogP contribution in [0.15, 0.2) is 35.9 Å². The molecule has 1 atom stereocenters. The highest BCUT2D eigenvalue weighted by atomic mass is 14.2. The highest BCUT2D eigenvalue weighted by Crippen LogP contribution is 2.30. The number of nitriles is 1. The first kappa shape index (κ1) is 18.8. The lowest BCUT2D eigenvalue weighted by Gasteiger charge is -2.22. The zero-order chi connectivity index (χ0) is 17.0. The molecule has 2 rings (SSSR count). The third kappa shape index (κ3) is 6.91. The van der Waals surface area contributed by atoms with E-state index in [-0.39, 0.29) is 0 Å². The van der Waals surface area contributed by atoms with Gasteiger partial charge in [0.25, 0.3) is 0 Å². The molecule has 0 bridgehead atoms. The minimum Gasteiger partial charge on any atom is -0.192 e. The summed E-state index contributed by atoms with van der Waals surface area (Å²) < 4.78 is 0. The second kappa shape index (κ2) is 11.1. The van der Waals surface area contributed by atoms with Gasteiger partial charge in [0.15, 0.2) is 0 Å². The standard InChI is InChI=1S/C23H33N/c1-2-3-4-5-6-7-8-20-9-11-21(12-10-20)13-14-22-15-17-23(19-24)18-16-22/h11,15-18,20H,2-10,12-14H2,1H3. The lowest BCUT2D eigenvalue weighted by molar-refractivity contribution is 0.409. The van der Waals surface area contributed by atoms with Crippen LogP contribution in [0.4, 0.5) is 0 Å². The van der Waals surface area contributed by atoms with E-state index in [4.69, 9.17) is 5.26 Å². The van der Waals surface area contributed by atoms with E-state index in [9.17, 15) is 0 Å². The fourth-order valence-electron chi connectivity index (χ4n) is 3.70. The van der Waals surface area contributed by atoms with Crippen LogP contribution < -0.4 is 0 Å². The number of benzene rings is 1. The lowest BCUT2D eigenvalue weighted by atomic mass is 9.84. The Kier molecular flexibility index (Phi) is 8.67. The highest BCUT2D eigenvalue weighted by molar-refractivity contribution is 5.31. The summed E-state index contributed by atoms with van der Waals surface area (Å²) in [6, 6.07) is 10.2. The van der Waals surface area contributed by atoms with E-state index in [2.05, 4.69) is 31.2 Å². The van der Waals surface area contributed by atoms with Gasteiger partial charge in [-0.3, -0.25) is 0 Å². The van der Waals surface area contributed by atoms with Crippen molar-refractivity contribution in [1.29, 1.82) is 5.26 Å². The Morgan fingerprint density at radius 2 is 1.75 bits per heavy atom. The minimum absolute atomic E-state index is 0.758. The van der Waals surface area contributed by atoms with Gasteiger partial charge >= 0.3 is 0 Å². The molecule has 0 aromatic heterocycles. The molecule has 0 radical (unpaired) electrons. The Bertz CT molecular complexity index is 532. The van der Waals surface area contributed by atoms with Gasteiger partial charge in [-0.2, -0.15) is 5.26 Å². The summed E-state index contributed by atoms with van der Waals surface area (Å²) >= 11 is 0. The monoisotopic (exact) mass is 323 g/mol. The molecule has 1 unspecified atom stereocenters. The van der Waals surface area contributed by atoms with E-state index in [1.165, 1.54) is 76.2 Å². The Balaban J connectivity index is 1.61.